The first-order chi connectivity index (χ1) is 9.17. The zero-order valence-electron chi connectivity index (χ0n) is 12.1. The molecule has 4 nitrogen and oxygen atoms in total. The summed E-state index contributed by atoms with van der Waals surface area (Å²) in [5, 5.41) is 0. The molecule has 108 valence electrons. The summed E-state index contributed by atoms with van der Waals surface area (Å²) in [5.41, 5.74) is 7.78. The van der Waals surface area contributed by atoms with Crippen molar-refractivity contribution in [2.75, 3.05) is 26.9 Å². The average Bonchev–Trinajstić information content (AvgIpc) is 2.42. The van der Waals surface area contributed by atoms with Crippen LogP contribution in [0.15, 0.2) is 18.2 Å². The van der Waals surface area contributed by atoms with Gasteiger partial charge in [0.1, 0.15) is 5.75 Å². The van der Waals surface area contributed by atoms with Crippen LogP contribution in [0.4, 0.5) is 0 Å². The van der Waals surface area contributed by atoms with Crippen LogP contribution in [-0.4, -0.2) is 26.9 Å². The molecule has 1 aromatic carbocycles. The highest BCUT2D eigenvalue weighted by Gasteiger charge is 2.03. The first kappa shape index (κ1) is 16.0. The first-order valence-corrected chi connectivity index (χ1v) is 6.68. The van der Waals surface area contributed by atoms with Gasteiger partial charge in [0, 0.05) is 18.7 Å². The Kier molecular flexibility index (Phi) is 7.48. The summed E-state index contributed by atoms with van der Waals surface area (Å²) in [6, 6.07) is 5.94. The lowest BCUT2D eigenvalue weighted by Gasteiger charge is -2.10. The van der Waals surface area contributed by atoms with Crippen molar-refractivity contribution in [2.24, 2.45) is 11.7 Å². The van der Waals surface area contributed by atoms with Crippen LogP contribution in [0.5, 0.6) is 5.75 Å². The van der Waals surface area contributed by atoms with E-state index in [0.717, 1.165) is 23.5 Å². The number of rotatable bonds is 9. The summed E-state index contributed by atoms with van der Waals surface area (Å²) in [5.74, 6) is 1.39. The predicted molar refractivity (Wildman–Crippen MR) is 76.2 cm³/mol. The fraction of sp³-hybridized carbons (Fsp3) is 0.600. The van der Waals surface area contributed by atoms with E-state index in [2.05, 4.69) is 13.8 Å². The average molecular weight is 267 g/mol. The maximum Gasteiger partial charge on any atom is 0.123 e. The molecule has 0 amide bonds. The minimum Gasteiger partial charge on any atom is -0.496 e. The van der Waals surface area contributed by atoms with Crippen LogP contribution < -0.4 is 10.5 Å². The lowest BCUT2D eigenvalue weighted by atomic mass is 10.1. The van der Waals surface area contributed by atoms with Gasteiger partial charge in [-0.1, -0.05) is 19.9 Å². The second-order valence-electron chi connectivity index (χ2n) is 4.87. The highest BCUT2D eigenvalue weighted by Crippen LogP contribution is 2.19. The van der Waals surface area contributed by atoms with Crippen molar-refractivity contribution < 1.29 is 14.2 Å². The van der Waals surface area contributed by atoms with Gasteiger partial charge in [-0.25, -0.2) is 0 Å². The zero-order chi connectivity index (χ0) is 14.1. The topological polar surface area (TPSA) is 53.7 Å². The molecule has 19 heavy (non-hydrogen) atoms. The highest BCUT2D eigenvalue weighted by atomic mass is 16.5. The maximum absolute atomic E-state index is 5.68. The van der Waals surface area contributed by atoms with Gasteiger partial charge in [0.15, 0.2) is 0 Å². The van der Waals surface area contributed by atoms with Gasteiger partial charge in [0.2, 0.25) is 0 Å². The van der Waals surface area contributed by atoms with E-state index in [1.807, 2.05) is 18.2 Å². The fourth-order valence-corrected chi connectivity index (χ4v) is 1.71. The van der Waals surface area contributed by atoms with E-state index in [1.54, 1.807) is 7.11 Å². The molecule has 4 heteroatoms. The molecule has 0 aliphatic heterocycles. The molecule has 0 saturated carbocycles. The SMILES string of the molecule is COc1ccc(COCCOCC(C)C)cc1CN. The Morgan fingerprint density at radius 3 is 2.53 bits per heavy atom. The van der Waals surface area contributed by atoms with E-state index in [9.17, 15) is 0 Å². The van der Waals surface area contributed by atoms with Gasteiger partial charge in [-0.3, -0.25) is 0 Å². The monoisotopic (exact) mass is 267 g/mol. The van der Waals surface area contributed by atoms with Gasteiger partial charge in [-0.15, -0.1) is 0 Å². The Morgan fingerprint density at radius 1 is 1.16 bits per heavy atom. The lowest BCUT2D eigenvalue weighted by molar-refractivity contribution is 0.0314. The maximum atomic E-state index is 5.68. The largest absolute Gasteiger partial charge is 0.496 e. The summed E-state index contributed by atoms with van der Waals surface area (Å²) in [4.78, 5) is 0. The third kappa shape index (κ3) is 6.05. The van der Waals surface area contributed by atoms with Crippen LogP contribution in [0.3, 0.4) is 0 Å². The molecule has 1 rings (SSSR count). The summed E-state index contributed by atoms with van der Waals surface area (Å²) < 4.78 is 16.2. The molecule has 0 radical (unpaired) electrons. The summed E-state index contributed by atoms with van der Waals surface area (Å²) in [7, 11) is 1.65. The molecule has 0 spiro atoms. The number of ether oxygens (including phenoxy) is 3. The van der Waals surface area contributed by atoms with Crippen LogP contribution in [0.2, 0.25) is 0 Å². The van der Waals surface area contributed by atoms with Crippen molar-refractivity contribution in [2.45, 2.75) is 27.0 Å². The molecule has 0 aliphatic rings. The number of hydrogen-bond acceptors (Lipinski definition) is 4. The highest BCUT2D eigenvalue weighted by molar-refractivity contribution is 5.36. The Bertz CT molecular complexity index is 366. The van der Waals surface area contributed by atoms with Crippen molar-refractivity contribution >= 4 is 0 Å². The number of nitrogens with two attached hydrogens (primary N) is 1. The number of benzene rings is 1. The van der Waals surface area contributed by atoms with Gasteiger partial charge in [0.05, 0.1) is 26.9 Å². The molecule has 0 fully saturated rings. The Morgan fingerprint density at radius 2 is 1.89 bits per heavy atom. The zero-order valence-corrected chi connectivity index (χ0v) is 12.1. The molecule has 0 heterocycles. The van der Waals surface area contributed by atoms with Crippen LogP contribution in [0, 0.1) is 5.92 Å². The van der Waals surface area contributed by atoms with Crippen molar-refractivity contribution in [3.8, 4) is 5.75 Å². The molecule has 0 saturated heterocycles. The second-order valence-corrected chi connectivity index (χ2v) is 4.87. The van der Waals surface area contributed by atoms with Gasteiger partial charge < -0.3 is 19.9 Å². The first-order valence-electron chi connectivity index (χ1n) is 6.68. The molecule has 2 N–H and O–H groups in total. The minimum absolute atomic E-state index is 0.467. The van der Waals surface area contributed by atoms with Gasteiger partial charge in [0.25, 0.3) is 0 Å². The summed E-state index contributed by atoms with van der Waals surface area (Å²) in [6.45, 7) is 7.33. The van der Waals surface area contributed by atoms with Crippen molar-refractivity contribution in [3.05, 3.63) is 29.3 Å². The van der Waals surface area contributed by atoms with E-state index in [0.29, 0.717) is 32.3 Å². The second kappa shape index (κ2) is 8.91. The van der Waals surface area contributed by atoms with Gasteiger partial charge in [-0.05, 0) is 23.6 Å². The van der Waals surface area contributed by atoms with Crippen LogP contribution in [0.25, 0.3) is 0 Å². The fourth-order valence-electron chi connectivity index (χ4n) is 1.71. The standard InChI is InChI=1S/C15H25NO3/c1-12(2)10-18-6-7-19-11-13-4-5-15(17-3)14(8-13)9-16/h4-5,8,12H,6-7,9-11,16H2,1-3H3. The molecule has 0 unspecified atom stereocenters. The summed E-state index contributed by atoms with van der Waals surface area (Å²) in [6.07, 6.45) is 0. The van der Waals surface area contributed by atoms with Crippen LogP contribution in [0.1, 0.15) is 25.0 Å². The molecule has 1 aromatic rings. The third-order valence-corrected chi connectivity index (χ3v) is 2.66. The quantitative estimate of drug-likeness (QED) is 0.698. The molecular weight excluding hydrogens is 242 g/mol. The molecule has 0 aliphatic carbocycles. The van der Waals surface area contributed by atoms with E-state index in [4.69, 9.17) is 19.9 Å². The van der Waals surface area contributed by atoms with Crippen LogP contribution in [-0.2, 0) is 22.6 Å². The van der Waals surface area contributed by atoms with Crippen molar-refractivity contribution in [1.29, 1.82) is 0 Å². The Balaban J connectivity index is 2.29. The van der Waals surface area contributed by atoms with Gasteiger partial charge in [-0.2, -0.15) is 0 Å². The Hall–Kier alpha value is -1.10. The molecule has 0 aromatic heterocycles. The van der Waals surface area contributed by atoms with E-state index in [1.165, 1.54) is 0 Å². The minimum atomic E-state index is 0.467. The van der Waals surface area contributed by atoms with E-state index < -0.39 is 0 Å². The normalized spacial score (nSPS) is 11.0. The smallest absolute Gasteiger partial charge is 0.123 e. The Labute approximate surface area is 115 Å². The molecule has 0 atom stereocenters. The predicted octanol–water partition coefficient (Wildman–Crippen LogP) is 2.34. The van der Waals surface area contributed by atoms with Crippen molar-refractivity contribution in [3.63, 3.8) is 0 Å². The third-order valence-electron chi connectivity index (χ3n) is 2.66. The van der Waals surface area contributed by atoms with Crippen LogP contribution >= 0.6 is 0 Å². The van der Waals surface area contributed by atoms with Crippen molar-refractivity contribution in [1.82, 2.24) is 0 Å². The van der Waals surface area contributed by atoms with E-state index >= 15 is 0 Å². The number of methoxy groups -OCH3 is 1. The number of hydrogen-bond donors (Lipinski definition) is 1. The molecule has 0 bridgehead atoms. The summed E-state index contributed by atoms with van der Waals surface area (Å²) >= 11 is 0. The lowest BCUT2D eigenvalue weighted by Crippen LogP contribution is -2.08. The van der Waals surface area contributed by atoms with Gasteiger partial charge >= 0.3 is 0 Å². The van der Waals surface area contributed by atoms with E-state index in [-0.39, 0.29) is 0 Å². The molecular formula is C15H25NO3.